The van der Waals surface area contributed by atoms with E-state index in [0.717, 1.165) is 12.8 Å². The number of esters is 1. The topological polar surface area (TPSA) is 26.3 Å². The van der Waals surface area contributed by atoms with Crippen molar-refractivity contribution in [2.24, 2.45) is 5.92 Å². The van der Waals surface area contributed by atoms with E-state index in [-0.39, 0.29) is 12.1 Å². The van der Waals surface area contributed by atoms with Crippen LogP contribution in [0.15, 0.2) is 0 Å². The number of ether oxygens (including phenoxy) is 1. The summed E-state index contributed by atoms with van der Waals surface area (Å²) in [5.74, 6) is 0.377. The van der Waals surface area contributed by atoms with Crippen LogP contribution in [0.25, 0.3) is 0 Å². The first-order valence-corrected chi connectivity index (χ1v) is 6.27. The fourth-order valence-corrected chi connectivity index (χ4v) is 1.28. The van der Waals surface area contributed by atoms with Crippen molar-refractivity contribution in [3.8, 4) is 0 Å². The number of rotatable bonds is 8. The van der Waals surface area contributed by atoms with Crippen molar-refractivity contribution in [2.45, 2.75) is 72.3 Å². The predicted molar refractivity (Wildman–Crippen MR) is 63.8 cm³/mol. The maximum Gasteiger partial charge on any atom is 0.306 e. The molecule has 0 saturated heterocycles. The molecule has 0 aromatic heterocycles. The van der Waals surface area contributed by atoms with Gasteiger partial charge in [-0.2, -0.15) is 0 Å². The Morgan fingerprint density at radius 2 is 1.67 bits per heavy atom. The van der Waals surface area contributed by atoms with E-state index < -0.39 is 0 Å². The Bertz CT molecular complexity index is 164. The largest absolute Gasteiger partial charge is 0.462 e. The number of hydrogen-bond acceptors (Lipinski definition) is 2. The molecule has 0 rings (SSSR count). The molecular weight excluding hydrogens is 188 g/mol. The average molecular weight is 214 g/mol. The summed E-state index contributed by atoms with van der Waals surface area (Å²) in [4.78, 5) is 11.4. The van der Waals surface area contributed by atoms with Crippen molar-refractivity contribution in [1.82, 2.24) is 0 Å². The standard InChI is InChI=1S/C13H26O2/c1-5-6-7-8-9-10-13(14)15-12(4)11(2)3/h11-12H,5-10H2,1-4H3/t12-/m0/s1. The molecule has 0 unspecified atom stereocenters. The van der Waals surface area contributed by atoms with E-state index >= 15 is 0 Å². The van der Waals surface area contributed by atoms with Gasteiger partial charge in [-0.1, -0.05) is 46.5 Å². The van der Waals surface area contributed by atoms with Gasteiger partial charge < -0.3 is 4.74 Å². The van der Waals surface area contributed by atoms with Gasteiger partial charge in [-0.25, -0.2) is 0 Å². The Kier molecular flexibility index (Phi) is 8.44. The fraction of sp³-hybridized carbons (Fsp3) is 0.923. The first-order valence-electron chi connectivity index (χ1n) is 6.27. The molecule has 0 spiro atoms. The Labute approximate surface area is 94.4 Å². The lowest BCUT2D eigenvalue weighted by Gasteiger charge is -2.16. The quantitative estimate of drug-likeness (QED) is 0.452. The second-order valence-electron chi connectivity index (χ2n) is 4.60. The van der Waals surface area contributed by atoms with Crippen molar-refractivity contribution >= 4 is 5.97 Å². The van der Waals surface area contributed by atoms with Gasteiger partial charge in [0.1, 0.15) is 6.10 Å². The molecule has 0 amide bonds. The highest BCUT2D eigenvalue weighted by Crippen LogP contribution is 2.09. The molecule has 0 aliphatic rings. The van der Waals surface area contributed by atoms with Crippen LogP contribution >= 0.6 is 0 Å². The Morgan fingerprint density at radius 1 is 1.07 bits per heavy atom. The second kappa shape index (κ2) is 8.75. The molecule has 2 nitrogen and oxygen atoms in total. The van der Waals surface area contributed by atoms with Crippen LogP contribution < -0.4 is 0 Å². The van der Waals surface area contributed by atoms with Gasteiger partial charge in [0.2, 0.25) is 0 Å². The third-order valence-electron chi connectivity index (χ3n) is 2.74. The SMILES string of the molecule is CCCCCCCC(=O)O[C@@H](C)C(C)C. The highest BCUT2D eigenvalue weighted by atomic mass is 16.5. The van der Waals surface area contributed by atoms with Gasteiger partial charge in [-0.15, -0.1) is 0 Å². The van der Waals surface area contributed by atoms with Crippen molar-refractivity contribution in [3.63, 3.8) is 0 Å². The first kappa shape index (κ1) is 14.5. The van der Waals surface area contributed by atoms with Gasteiger partial charge in [-0.3, -0.25) is 4.79 Å². The summed E-state index contributed by atoms with van der Waals surface area (Å²) >= 11 is 0. The van der Waals surface area contributed by atoms with Crippen LogP contribution in [0, 0.1) is 5.92 Å². The van der Waals surface area contributed by atoms with E-state index in [1.165, 1.54) is 19.3 Å². The predicted octanol–water partition coefficient (Wildman–Crippen LogP) is 3.93. The van der Waals surface area contributed by atoms with Crippen LogP contribution in [0.1, 0.15) is 66.2 Å². The zero-order valence-corrected chi connectivity index (χ0v) is 10.7. The van der Waals surface area contributed by atoms with E-state index in [1.54, 1.807) is 0 Å². The second-order valence-corrected chi connectivity index (χ2v) is 4.60. The molecule has 0 fully saturated rings. The lowest BCUT2D eigenvalue weighted by atomic mass is 10.1. The van der Waals surface area contributed by atoms with E-state index in [2.05, 4.69) is 20.8 Å². The molecule has 0 radical (unpaired) electrons. The number of carbonyl (C=O) groups excluding carboxylic acids is 1. The normalized spacial score (nSPS) is 12.9. The summed E-state index contributed by atoms with van der Waals surface area (Å²) in [5.41, 5.74) is 0. The molecule has 0 aromatic rings. The number of carbonyl (C=O) groups is 1. The van der Waals surface area contributed by atoms with Gasteiger partial charge in [0.25, 0.3) is 0 Å². The van der Waals surface area contributed by atoms with Gasteiger partial charge in [0.15, 0.2) is 0 Å². The molecule has 15 heavy (non-hydrogen) atoms. The molecule has 0 N–H and O–H groups in total. The number of unbranched alkanes of at least 4 members (excludes halogenated alkanes) is 4. The van der Waals surface area contributed by atoms with Gasteiger partial charge >= 0.3 is 5.97 Å². The minimum Gasteiger partial charge on any atom is -0.462 e. The molecular formula is C13H26O2. The van der Waals surface area contributed by atoms with Crippen LogP contribution in [0.3, 0.4) is 0 Å². The molecule has 0 aliphatic heterocycles. The lowest BCUT2D eigenvalue weighted by Crippen LogP contribution is -2.19. The molecule has 0 aromatic carbocycles. The third kappa shape index (κ3) is 8.46. The van der Waals surface area contributed by atoms with E-state index in [0.29, 0.717) is 12.3 Å². The molecule has 0 bridgehead atoms. The van der Waals surface area contributed by atoms with Gasteiger partial charge in [0.05, 0.1) is 0 Å². The summed E-state index contributed by atoms with van der Waals surface area (Å²) in [6, 6.07) is 0. The summed E-state index contributed by atoms with van der Waals surface area (Å²) in [7, 11) is 0. The average Bonchev–Trinajstić information content (AvgIpc) is 2.17. The maximum absolute atomic E-state index is 11.4. The Balaban J connectivity index is 3.41. The Hall–Kier alpha value is -0.530. The smallest absolute Gasteiger partial charge is 0.306 e. The van der Waals surface area contributed by atoms with E-state index in [4.69, 9.17) is 4.74 Å². The van der Waals surface area contributed by atoms with Crippen LogP contribution in [-0.4, -0.2) is 12.1 Å². The molecule has 0 aliphatic carbocycles. The summed E-state index contributed by atoms with van der Waals surface area (Å²) < 4.78 is 5.28. The zero-order chi connectivity index (χ0) is 11.7. The molecule has 2 heteroatoms. The van der Waals surface area contributed by atoms with Gasteiger partial charge in [-0.05, 0) is 19.3 Å². The lowest BCUT2D eigenvalue weighted by molar-refractivity contribution is -0.150. The molecule has 0 saturated carbocycles. The summed E-state index contributed by atoms with van der Waals surface area (Å²) in [6.45, 7) is 8.29. The fourth-order valence-electron chi connectivity index (χ4n) is 1.28. The van der Waals surface area contributed by atoms with E-state index in [9.17, 15) is 4.79 Å². The molecule has 1 atom stereocenters. The maximum atomic E-state index is 11.4. The molecule has 90 valence electrons. The highest BCUT2D eigenvalue weighted by Gasteiger charge is 2.12. The van der Waals surface area contributed by atoms with Crippen molar-refractivity contribution in [1.29, 1.82) is 0 Å². The minimum absolute atomic E-state index is 0.0345. The Morgan fingerprint density at radius 3 is 2.20 bits per heavy atom. The van der Waals surface area contributed by atoms with Crippen molar-refractivity contribution in [2.75, 3.05) is 0 Å². The summed E-state index contributed by atoms with van der Waals surface area (Å²) in [6.07, 6.45) is 6.52. The van der Waals surface area contributed by atoms with Crippen LogP contribution in [-0.2, 0) is 9.53 Å². The third-order valence-corrected chi connectivity index (χ3v) is 2.74. The van der Waals surface area contributed by atoms with Gasteiger partial charge in [0, 0.05) is 6.42 Å². The number of hydrogen-bond donors (Lipinski definition) is 0. The zero-order valence-electron chi connectivity index (χ0n) is 10.7. The highest BCUT2D eigenvalue weighted by molar-refractivity contribution is 5.69. The first-order chi connectivity index (χ1) is 7.07. The van der Waals surface area contributed by atoms with E-state index in [1.807, 2.05) is 6.92 Å². The van der Waals surface area contributed by atoms with Crippen LogP contribution in [0.5, 0.6) is 0 Å². The summed E-state index contributed by atoms with van der Waals surface area (Å²) in [5, 5.41) is 0. The van der Waals surface area contributed by atoms with Crippen LogP contribution in [0.4, 0.5) is 0 Å². The van der Waals surface area contributed by atoms with Crippen molar-refractivity contribution in [3.05, 3.63) is 0 Å². The minimum atomic E-state index is -0.0345. The van der Waals surface area contributed by atoms with Crippen molar-refractivity contribution < 1.29 is 9.53 Å². The monoisotopic (exact) mass is 214 g/mol. The van der Waals surface area contributed by atoms with Crippen LogP contribution in [0.2, 0.25) is 0 Å². The molecule has 0 heterocycles.